The van der Waals surface area contributed by atoms with Crippen molar-refractivity contribution in [1.29, 1.82) is 5.26 Å². The molecule has 0 bridgehead atoms. The number of nitriles is 1. The second-order valence-corrected chi connectivity index (χ2v) is 1.72. The lowest BCUT2D eigenvalue weighted by atomic mass is 10.2. The Balaban J connectivity index is 2.79. The van der Waals surface area contributed by atoms with Crippen molar-refractivity contribution in [1.82, 2.24) is 0 Å². The number of allylic oxidation sites excluding steroid dienone is 1. The zero-order valence-corrected chi connectivity index (χ0v) is 5.33. The molecule has 0 aromatic heterocycles. The molecule has 0 saturated heterocycles. The fraction of sp³-hybridized carbons (Fsp3) is 0. The van der Waals surface area contributed by atoms with Gasteiger partial charge in [0, 0.05) is 0 Å². The van der Waals surface area contributed by atoms with E-state index in [-0.39, 0.29) is 0 Å². The number of benzene rings is 1. The SMILES string of the molecule is N#C[C]=Cc1[c]cccc1. The highest BCUT2D eigenvalue weighted by atomic mass is 14.2. The highest BCUT2D eigenvalue weighted by molar-refractivity contribution is 5.47. The van der Waals surface area contributed by atoms with E-state index in [1.165, 1.54) is 0 Å². The van der Waals surface area contributed by atoms with Crippen LogP contribution < -0.4 is 0 Å². The summed E-state index contributed by atoms with van der Waals surface area (Å²) >= 11 is 0. The first-order valence-corrected chi connectivity index (χ1v) is 2.88. The number of rotatable bonds is 1. The second kappa shape index (κ2) is 3.47. The Morgan fingerprint density at radius 2 is 2.40 bits per heavy atom. The van der Waals surface area contributed by atoms with Gasteiger partial charge in [0.25, 0.3) is 0 Å². The molecule has 1 aromatic rings. The summed E-state index contributed by atoms with van der Waals surface area (Å²) in [7, 11) is 0. The standard InChI is InChI=1S/C9H5N/c10-8-4-7-9-5-2-1-3-6-9/h1-3,5,7H. The van der Waals surface area contributed by atoms with Gasteiger partial charge in [-0.3, -0.25) is 0 Å². The lowest BCUT2D eigenvalue weighted by molar-refractivity contribution is 1.52. The van der Waals surface area contributed by atoms with Gasteiger partial charge < -0.3 is 0 Å². The third kappa shape index (κ3) is 1.75. The molecular formula is C9H5N. The Morgan fingerprint density at radius 1 is 1.50 bits per heavy atom. The van der Waals surface area contributed by atoms with Gasteiger partial charge >= 0.3 is 0 Å². The van der Waals surface area contributed by atoms with Gasteiger partial charge in [-0.1, -0.05) is 24.3 Å². The fourth-order valence-electron chi connectivity index (χ4n) is 0.607. The summed E-state index contributed by atoms with van der Waals surface area (Å²) in [6, 6.07) is 12.2. The minimum atomic E-state index is 0.879. The second-order valence-electron chi connectivity index (χ2n) is 1.72. The molecule has 1 nitrogen and oxygen atoms in total. The summed E-state index contributed by atoms with van der Waals surface area (Å²) in [4.78, 5) is 0. The van der Waals surface area contributed by atoms with Crippen molar-refractivity contribution < 1.29 is 0 Å². The quantitative estimate of drug-likeness (QED) is 0.528. The van der Waals surface area contributed by atoms with Crippen molar-refractivity contribution in [2.75, 3.05) is 0 Å². The third-order valence-corrected chi connectivity index (χ3v) is 1.03. The smallest absolute Gasteiger partial charge is 0.101 e. The van der Waals surface area contributed by atoms with Crippen LogP contribution in [0.25, 0.3) is 6.08 Å². The van der Waals surface area contributed by atoms with Gasteiger partial charge in [-0.05, 0) is 17.7 Å². The summed E-state index contributed by atoms with van der Waals surface area (Å²) in [6.07, 6.45) is 4.01. The minimum Gasteiger partial charge on any atom is -0.192 e. The first-order chi connectivity index (χ1) is 4.93. The molecule has 0 amide bonds. The fourth-order valence-corrected chi connectivity index (χ4v) is 0.607. The summed E-state index contributed by atoms with van der Waals surface area (Å²) in [5.74, 6) is 0. The number of nitrogens with zero attached hydrogens (tertiary/aromatic N) is 1. The van der Waals surface area contributed by atoms with Crippen molar-refractivity contribution in [2.24, 2.45) is 0 Å². The molecular weight excluding hydrogens is 122 g/mol. The predicted molar refractivity (Wildman–Crippen MR) is 38.6 cm³/mol. The van der Waals surface area contributed by atoms with Crippen molar-refractivity contribution in [2.45, 2.75) is 0 Å². The molecule has 0 heterocycles. The van der Waals surface area contributed by atoms with Crippen LogP contribution in [0, 0.1) is 23.5 Å². The van der Waals surface area contributed by atoms with E-state index in [0.29, 0.717) is 0 Å². The lowest BCUT2D eigenvalue weighted by Crippen LogP contribution is -1.67. The topological polar surface area (TPSA) is 23.8 Å². The molecule has 1 aromatic carbocycles. The lowest BCUT2D eigenvalue weighted by Gasteiger charge is -1.85. The van der Waals surface area contributed by atoms with Gasteiger partial charge in [0.05, 0.1) is 6.08 Å². The molecule has 2 radical (unpaired) electrons. The Hall–Kier alpha value is -1.55. The molecule has 0 saturated carbocycles. The van der Waals surface area contributed by atoms with Gasteiger partial charge in [0.1, 0.15) is 6.07 Å². The zero-order chi connectivity index (χ0) is 7.23. The minimum absolute atomic E-state index is 0.879. The van der Waals surface area contributed by atoms with Crippen LogP contribution in [-0.4, -0.2) is 0 Å². The van der Waals surface area contributed by atoms with E-state index in [4.69, 9.17) is 5.26 Å². The molecule has 0 N–H and O–H groups in total. The largest absolute Gasteiger partial charge is 0.192 e. The molecule has 0 aliphatic carbocycles. The Kier molecular flexibility index (Phi) is 2.28. The third-order valence-electron chi connectivity index (χ3n) is 1.03. The van der Waals surface area contributed by atoms with Crippen molar-refractivity contribution in [3.8, 4) is 6.07 Å². The monoisotopic (exact) mass is 127 g/mol. The average molecular weight is 127 g/mol. The molecule has 0 spiro atoms. The first-order valence-electron chi connectivity index (χ1n) is 2.88. The maximum Gasteiger partial charge on any atom is 0.101 e. The predicted octanol–water partition coefficient (Wildman–Crippen LogP) is 1.83. The van der Waals surface area contributed by atoms with Gasteiger partial charge in [-0.2, -0.15) is 5.26 Å². The first kappa shape index (κ1) is 6.57. The van der Waals surface area contributed by atoms with Crippen LogP contribution >= 0.6 is 0 Å². The van der Waals surface area contributed by atoms with Gasteiger partial charge in [-0.25, -0.2) is 0 Å². The van der Waals surface area contributed by atoms with Crippen LogP contribution in [0.15, 0.2) is 24.3 Å². The molecule has 0 fully saturated rings. The molecule has 0 aliphatic rings. The van der Waals surface area contributed by atoms with Crippen molar-refractivity contribution in [3.05, 3.63) is 42.0 Å². The highest BCUT2D eigenvalue weighted by Gasteiger charge is 1.80. The molecule has 0 unspecified atom stereocenters. The Morgan fingerprint density at radius 3 is 3.00 bits per heavy atom. The van der Waals surface area contributed by atoms with Crippen LogP contribution in [0.4, 0.5) is 0 Å². The van der Waals surface area contributed by atoms with Gasteiger partial charge in [0.2, 0.25) is 0 Å². The highest BCUT2D eigenvalue weighted by Crippen LogP contribution is 1.98. The summed E-state index contributed by atoms with van der Waals surface area (Å²) in [6.45, 7) is 0. The summed E-state index contributed by atoms with van der Waals surface area (Å²) < 4.78 is 0. The van der Waals surface area contributed by atoms with E-state index in [1.807, 2.05) is 18.2 Å². The molecule has 46 valence electrons. The van der Waals surface area contributed by atoms with E-state index < -0.39 is 0 Å². The van der Waals surface area contributed by atoms with Gasteiger partial charge in [-0.15, -0.1) is 0 Å². The van der Waals surface area contributed by atoms with Crippen molar-refractivity contribution in [3.63, 3.8) is 0 Å². The van der Waals surface area contributed by atoms with Crippen LogP contribution in [0.5, 0.6) is 0 Å². The Bertz CT molecular complexity index is 254. The van der Waals surface area contributed by atoms with Crippen LogP contribution in [0.2, 0.25) is 0 Å². The van der Waals surface area contributed by atoms with E-state index >= 15 is 0 Å². The van der Waals surface area contributed by atoms with Crippen molar-refractivity contribution >= 4 is 6.08 Å². The maximum atomic E-state index is 8.12. The number of hydrogen-bond donors (Lipinski definition) is 0. The molecule has 0 aliphatic heterocycles. The van der Waals surface area contributed by atoms with Crippen LogP contribution in [0.3, 0.4) is 0 Å². The summed E-state index contributed by atoms with van der Waals surface area (Å²) in [5.41, 5.74) is 0.879. The maximum absolute atomic E-state index is 8.12. The van der Waals surface area contributed by atoms with Crippen LogP contribution in [0.1, 0.15) is 5.56 Å². The molecule has 0 atom stereocenters. The summed E-state index contributed by atoms with van der Waals surface area (Å²) in [5, 5.41) is 8.12. The van der Waals surface area contributed by atoms with E-state index in [1.54, 1.807) is 18.2 Å². The van der Waals surface area contributed by atoms with E-state index in [2.05, 4.69) is 12.1 Å². The van der Waals surface area contributed by atoms with Gasteiger partial charge in [0.15, 0.2) is 0 Å². The average Bonchev–Trinajstić information content (AvgIpc) is 2.03. The zero-order valence-electron chi connectivity index (χ0n) is 5.33. The number of hydrogen-bond acceptors (Lipinski definition) is 1. The van der Waals surface area contributed by atoms with Crippen LogP contribution in [-0.2, 0) is 0 Å². The molecule has 10 heavy (non-hydrogen) atoms. The van der Waals surface area contributed by atoms with E-state index in [9.17, 15) is 0 Å². The Labute approximate surface area is 60.2 Å². The normalized spacial score (nSPS) is 9.50. The molecule has 1 heteroatoms. The van der Waals surface area contributed by atoms with E-state index in [0.717, 1.165) is 5.56 Å². The molecule has 1 rings (SSSR count).